The first-order valence-corrected chi connectivity index (χ1v) is 11.0. The number of hydrogen-bond donors (Lipinski definition) is 0. The molecule has 2 fully saturated rings. The highest BCUT2D eigenvalue weighted by Crippen LogP contribution is 2.39. The summed E-state index contributed by atoms with van der Waals surface area (Å²) < 4.78 is 37.1. The molecule has 0 amide bonds. The number of halogens is 1. The number of anilines is 2. The standard InChI is InChI=1S/C15H19ClN4O3S2/c1-10-9-23-6-5-19(10)12-8-11(14-13(17-12)15(16)18-24-14)20-4-2-3-7-25(20,21)22/h8,10H,2-7,9H2,1H3/t10-/m1/s1. The van der Waals surface area contributed by atoms with E-state index in [1.54, 1.807) is 0 Å². The van der Waals surface area contributed by atoms with Crippen molar-refractivity contribution >= 4 is 54.9 Å². The van der Waals surface area contributed by atoms with Gasteiger partial charge in [0.15, 0.2) is 5.15 Å². The monoisotopic (exact) mass is 402 g/mol. The molecule has 2 aliphatic rings. The minimum absolute atomic E-state index is 0.162. The maximum atomic E-state index is 12.6. The van der Waals surface area contributed by atoms with Crippen LogP contribution < -0.4 is 9.21 Å². The summed E-state index contributed by atoms with van der Waals surface area (Å²) in [5.74, 6) is 0.897. The van der Waals surface area contributed by atoms with E-state index in [4.69, 9.17) is 16.3 Å². The molecule has 2 aromatic rings. The van der Waals surface area contributed by atoms with Crippen LogP contribution in [0.1, 0.15) is 19.8 Å². The smallest absolute Gasteiger partial charge is 0.235 e. The first-order chi connectivity index (χ1) is 12.0. The third kappa shape index (κ3) is 3.07. The van der Waals surface area contributed by atoms with Crippen molar-refractivity contribution in [3.05, 3.63) is 11.2 Å². The third-order valence-corrected chi connectivity index (χ3v) is 7.71. The van der Waals surface area contributed by atoms with E-state index >= 15 is 0 Å². The molecule has 25 heavy (non-hydrogen) atoms. The summed E-state index contributed by atoms with van der Waals surface area (Å²) in [6.07, 6.45) is 1.54. The summed E-state index contributed by atoms with van der Waals surface area (Å²) >= 11 is 7.42. The molecule has 7 nitrogen and oxygen atoms in total. The number of fused-ring (bicyclic) bond motifs is 1. The summed E-state index contributed by atoms with van der Waals surface area (Å²) in [4.78, 5) is 6.81. The van der Waals surface area contributed by atoms with Crippen LogP contribution >= 0.6 is 23.1 Å². The minimum Gasteiger partial charge on any atom is -0.377 e. The lowest BCUT2D eigenvalue weighted by molar-refractivity contribution is 0.0986. The highest BCUT2D eigenvalue weighted by Gasteiger charge is 2.30. The predicted octanol–water partition coefficient (Wildman–Crippen LogP) is 2.50. The first-order valence-electron chi connectivity index (χ1n) is 8.28. The van der Waals surface area contributed by atoms with Gasteiger partial charge in [0.1, 0.15) is 11.3 Å². The van der Waals surface area contributed by atoms with Crippen molar-refractivity contribution in [3.63, 3.8) is 0 Å². The fourth-order valence-corrected chi connectivity index (χ4v) is 6.07. The predicted molar refractivity (Wildman–Crippen MR) is 100 cm³/mol. The maximum absolute atomic E-state index is 12.6. The molecular weight excluding hydrogens is 384 g/mol. The van der Waals surface area contributed by atoms with E-state index in [1.807, 2.05) is 6.07 Å². The number of nitrogens with zero attached hydrogens (tertiary/aromatic N) is 4. The molecule has 0 spiro atoms. The Kier molecular flexibility index (Phi) is 4.51. The molecule has 0 aromatic carbocycles. The van der Waals surface area contributed by atoms with Gasteiger partial charge >= 0.3 is 0 Å². The quantitative estimate of drug-likeness (QED) is 0.768. The number of sulfonamides is 1. The summed E-state index contributed by atoms with van der Waals surface area (Å²) in [5, 5.41) is 0.318. The van der Waals surface area contributed by atoms with Crippen LogP contribution in [0.2, 0.25) is 5.15 Å². The van der Waals surface area contributed by atoms with Gasteiger partial charge in [-0.3, -0.25) is 4.31 Å². The van der Waals surface area contributed by atoms with Crippen molar-refractivity contribution in [3.8, 4) is 0 Å². The van der Waals surface area contributed by atoms with Crippen LogP contribution in [0, 0.1) is 0 Å². The Morgan fingerprint density at radius 2 is 2.20 bits per heavy atom. The van der Waals surface area contributed by atoms with E-state index in [2.05, 4.69) is 21.2 Å². The van der Waals surface area contributed by atoms with Gasteiger partial charge < -0.3 is 9.64 Å². The van der Waals surface area contributed by atoms with Crippen LogP contribution in [-0.4, -0.2) is 55.9 Å². The fraction of sp³-hybridized carbons (Fsp3) is 0.600. The van der Waals surface area contributed by atoms with Crippen molar-refractivity contribution in [2.75, 3.05) is 41.3 Å². The zero-order valence-electron chi connectivity index (χ0n) is 13.8. The fourth-order valence-electron chi connectivity index (χ4n) is 3.32. The van der Waals surface area contributed by atoms with Crippen LogP contribution in [0.15, 0.2) is 6.07 Å². The zero-order valence-corrected chi connectivity index (χ0v) is 16.2. The Hall–Kier alpha value is -1.16. The number of hydrogen-bond acceptors (Lipinski definition) is 7. The molecule has 0 bridgehead atoms. The van der Waals surface area contributed by atoms with E-state index in [-0.39, 0.29) is 11.8 Å². The molecule has 2 aliphatic heterocycles. The SMILES string of the molecule is C[C@@H]1COCCN1c1cc(N2CCCCS2(=O)=O)c2snc(Cl)c2n1. The highest BCUT2D eigenvalue weighted by atomic mass is 35.5. The van der Waals surface area contributed by atoms with Gasteiger partial charge in [-0.2, -0.15) is 4.37 Å². The molecule has 0 unspecified atom stereocenters. The number of morpholine rings is 1. The van der Waals surface area contributed by atoms with Crippen LogP contribution in [0.25, 0.3) is 10.2 Å². The topological polar surface area (TPSA) is 75.6 Å². The van der Waals surface area contributed by atoms with E-state index in [0.717, 1.165) is 16.9 Å². The lowest BCUT2D eigenvalue weighted by Gasteiger charge is -2.35. The van der Waals surface area contributed by atoms with Crippen molar-refractivity contribution < 1.29 is 13.2 Å². The molecule has 0 saturated carbocycles. The lowest BCUT2D eigenvalue weighted by Crippen LogP contribution is -2.44. The Bertz CT molecular complexity index is 902. The van der Waals surface area contributed by atoms with E-state index in [1.165, 1.54) is 15.8 Å². The zero-order chi connectivity index (χ0) is 17.6. The van der Waals surface area contributed by atoms with Gasteiger partial charge in [0.05, 0.1) is 35.4 Å². The van der Waals surface area contributed by atoms with Gasteiger partial charge in [0.2, 0.25) is 10.0 Å². The van der Waals surface area contributed by atoms with Crippen molar-refractivity contribution in [1.29, 1.82) is 0 Å². The molecule has 0 radical (unpaired) electrons. The van der Waals surface area contributed by atoms with Crippen molar-refractivity contribution in [2.24, 2.45) is 0 Å². The van der Waals surface area contributed by atoms with Crippen molar-refractivity contribution in [1.82, 2.24) is 9.36 Å². The van der Waals surface area contributed by atoms with Crippen LogP contribution in [0.5, 0.6) is 0 Å². The van der Waals surface area contributed by atoms with Gasteiger partial charge in [-0.25, -0.2) is 13.4 Å². The van der Waals surface area contributed by atoms with Crippen LogP contribution in [-0.2, 0) is 14.8 Å². The van der Waals surface area contributed by atoms with Crippen molar-refractivity contribution in [2.45, 2.75) is 25.8 Å². The van der Waals surface area contributed by atoms with Gasteiger partial charge in [0, 0.05) is 19.2 Å². The third-order valence-electron chi connectivity index (χ3n) is 4.63. The Balaban J connectivity index is 1.88. The Morgan fingerprint density at radius 1 is 1.36 bits per heavy atom. The van der Waals surface area contributed by atoms with Gasteiger partial charge in [-0.1, -0.05) is 11.6 Å². The normalized spacial score (nSPS) is 24.0. The number of aromatic nitrogens is 2. The summed E-state index contributed by atoms with van der Waals surface area (Å²) in [6.45, 7) is 4.50. The molecule has 2 saturated heterocycles. The number of pyridine rings is 1. The Labute approximate surface area is 155 Å². The molecule has 0 N–H and O–H groups in total. The molecule has 1 atom stereocenters. The van der Waals surface area contributed by atoms with E-state index < -0.39 is 10.0 Å². The molecule has 4 rings (SSSR count). The van der Waals surface area contributed by atoms with E-state index in [9.17, 15) is 8.42 Å². The second-order valence-electron chi connectivity index (χ2n) is 6.36. The molecular formula is C15H19ClN4O3S2. The highest BCUT2D eigenvalue weighted by molar-refractivity contribution is 7.92. The van der Waals surface area contributed by atoms with E-state index in [0.29, 0.717) is 49.1 Å². The minimum atomic E-state index is -3.32. The second kappa shape index (κ2) is 6.53. The summed E-state index contributed by atoms with van der Waals surface area (Å²) in [5.41, 5.74) is 1.21. The van der Waals surface area contributed by atoms with Crippen LogP contribution in [0.3, 0.4) is 0 Å². The van der Waals surface area contributed by atoms with Gasteiger partial charge in [0.25, 0.3) is 0 Å². The summed E-state index contributed by atoms with van der Waals surface area (Å²) in [6, 6.07) is 2.02. The average molecular weight is 403 g/mol. The average Bonchev–Trinajstić information content (AvgIpc) is 2.96. The molecule has 4 heterocycles. The van der Waals surface area contributed by atoms with Crippen LogP contribution in [0.4, 0.5) is 11.5 Å². The molecule has 0 aliphatic carbocycles. The lowest BCUT2D eigenvalue weighted by atomic mass is 10.2. The molecule has 136 valence electrons. The molecule has 10 heteroatoms. The molecule has 2 aromatic heterocycles. The summed E-state index contributed by atoms with van der Waals surface area (Å²) in [7, 11) is -3.32. The first kappa shape index (κ1) is 17.3. The van der Waals surface area contributed by atoms with Gasteiger partial charge in [-0.15, -0.1) is 0 Å². The largest absolute Gasteiger partial charge is 0.377 e. The number of ether oxygens (including phenoxy) is 1. The van der Waals surface area contributed by atoms with Gasteiger partial charge in [-0.05, 0) is 31.3 Å². The maximum Gasteiger partial charge on any atom is 0.235 e. The Morgan fingerprint density at radius 3 is 2.96 bits per heavy atom. The number of rotatable bonds is 2. The second-order valence-corrected chi connectivity index (χ2v) is 9.51.